The highest BCUT2D eigenvalue weighted by molar-refractivity contribution is 9.09. The molecule has 0 aromatic carbocycles. The third kappa shape index (κ3) is 4.35. The number of nitrogens with zero attached hydrogens (tertiary/aromatic N) is 1. The van der Waals surface area contributed by atoms with E-state index in [9.17, 15) is 4.79 Å². The Labute approximate surface area is 104 Å². The summed E-state index contributed by atoms with van der Waals surface area (Å²) in [4.78, 5) is 11.6. The minimum atomic E-state index is -0.0758. The maximum atomic E-state index is 11.6. The van der Waals surface area contributed by atoms with Crippen molar-refractivity contribution in [1.82, 2.24) is 15.5 Å². The fourth-order valence-electron chi connectivity index (χ4n) is 1.63. The average Bonchev–Trinajstić information content (AvgIpc) is 2.79. The standard InChI is InChI=1S/C11H18BrN3O/c1-2-3-9(4-6-12)8-13-11(16)10-5-7-14-15-10/h5,7,9H,2-4,6,8H2,1H3,(H,13,16)(H,14,15). The lowest BCUT2D eigenvalue weighted by atomic mass is 10.0. The molecule has 0 saturated carbocycles. The molecule has 1 atom stereocenters. The van der Waals surface area contributed by atoms with Gasteiger partial charge in [-0.25, -0.2) is 0 Å². The predicted octanol–water partition coefficient (Wildman–Crippen LogP) is 2.34. The van der Waals surface area contributed by atoms with Crippen LogP contribution in [-0.4, -0.2) is 28.0 Å². The average molecular weight is 288 g/mol. The van der Waals surface area contributed by atoms with Gasteiger partial charge in [0.05, 0.1) is 0 Å². The van der Waals surface area contributed by atoms with Crippen LogP contribution in [0.1, 0.15) is 36.7 Å². The van der Waals surface area contributed by atoms with Crippen molar-refractivity contribution in [3.8, 4) is 0 Å². The summed E-state index contributed by atoms with van der Waals surface area (Å²) in [6.45, 7) is 2.90. The van der Waals surface area contributed by atoms with Crippen LogP contribution in [0.2, 0.25) is 0 Å². The summed E-state index contributed by atoms with van der Waals surface area (Å²) in [7, 11) is 0. The summed E-state index contributed by atoms with van der Waals surface area (Å²) in [6, 6.07) is 1.68. The molecule has 0 spiro atoms. The fraction of sp³-hybridized carbons (Fsp3) is 0.636. The minimum Gasteiger partial charge on any atom is -0.350 e. The topological polar surface area (TPSA) is 57.8 Å². The van der Waals surface area contributed by atoms with E-state index in [-0.39, 0.29) is 5.91 Å². The number of aromatic nitrogens is 2. The fourth-order valence-corrected chi connectivity index (χ4v) is 2.27. The van der Waals surface area contributed by atoms with E-state index in [4.69, 9.17) is 0 Å². The third-order valence-electron chi connectivity index (χ3n) is 2.51. The molecule has 0 aliphatic heterocycles. The largest absolute Gasteiger partial charge is 0.350 e. The molecule has 0 bridgehead atoms. The van der Waals surface area contributed by atoms with Gasteiger partial charge < -0.3 is 5.32 Å². The first-order valence-electron chi connectivity index (χ1n) is 5.61. The molecule has 1 aromatic heterocycles. The molecule has 1 rings (SSSR count). The normalized spacial score (nSPS) is 12.4. The van der Waals surface area contributed by atoms with Crippen LogP contribution in [0.3, 0.4) is 0 Å². The molecule has 1 heterocycles. The number of hydrogen-bond acceptors (Lipinski definition) is 2. The number of halogens is 1. The summed E-state index contributed by atoms with van der Waals surface area (Å²) in [5, 5.41) is 10.3. The maximum Gasteiger partial charge on any atom is 0.269 e. The van der Waals surface area contributed by atoms with E-state index < -0.39 is 0 Å². The second-order valence-corrected chi connectivity index (χ2v) is 4.61. The van der Waals surface area contributed by atoms with Crippen molar-refractivity contribution < 1.29 is 4.79 Å². The number of rotatable bonds is 7. The summed E-state index contributed by atoms with van der Waals surface area (Å²) >= 11 is 3.44. The smallest absolute Gasteiger partial charge is 0.269 e. The molecule has 0 aliphatic carbocycles. The number of alkyl halides is 1. The van der Waals surface area contributed by atoms with Gasteiger partial charge >= 0.3 is 0 Å². The predicted molar refractivity (Wildman–Crippen MR) is 67.7 cm³/mol. The molecule has 1 aromatic rings. The highest BCUT2D eigenvalue weighted by Crippen LogP contribution is 2.11. The van der Waals surface area contributed by atoms with Crippen LogP contribution in [0.4, 0.5) is 0 Å². The van der Waals surface area contributed by atoms with Crippen LogP contribution in [0.5, 0.6) is 0 Å². The Morgan fingerprint density at radius 1 is 1.62 bits per heavy atom. The Morgan fingerprint density at radius 2 is 2.44 bits per heavy atom. The summed E-state index contributed by atoms with van der Waals surface area (Å²) in [5.74, 6) is 0.476. The molecule has 0 radical (unpaired) electrons. The molecule has 4 nitrogen and oxygen atoms in total. The Bertz CT molecular complexity index is 294. The molecular weight excluding hydrogens is 270 g/mol. The van der Waals surface area contributed by atoms with Crippen molar-refractivity contribution in [2.45, 2.75) is 26.2 Å². The summed E-state index contributed by atoms with van der Waals surface area (Å²) in [6.07, 6.45) is 4.97. The van der Waals surface area contributed by atoms with E-state index in [2.05, 4.69) is 38.4 Å². The Hall–Kier alpha value is -0.840. The highest BCUT2D eigenvalue weighted by Gasteiger charge is 2.11. The first-order chi connectivity index (χ1) is 7.77. The number of carbonyl (C=O) groups excluding carboxylic acids is 1. The third-order valence-corrected chi connectivity index (χ3v) is 2.97. The molecule has 16 heavy (non-hydrogen) atoms. The van der Waals surface area contributed by atoms with E-state index in [1.807, 2.05) is 0 Å². The van der Waals surface area contributed by atoms with Crippen LogP contribution >= 0.6 is 15.9 Å². The number of aromatic amines is 1. The Balaban J connectivity index is 2.34. The van der Waals surface area contributed by atoms with E-state index in [0.29, 0.717) is 11.6 Å². The van der Waals surface area contributed by atoms with E-state index >= 15 is 0 Å². The zero-order chi connectivity index (χ0) is 11.8. The van der Waals surface area contributed by atoms with Crippen LogP contribution in [-0.2, 0) is 0 Å². The first-order valence-corrected chi connectivity index (χ1v) is 6.73. The molecular formula is C11H18BrN3O. The van der Waals surface area contributed by atoms with Gasteiger partial charge in [0.2, 0.25) is 0 Å². The zero-order valence-electron chi connectivity index (χ0n) is 9.50. The number of hydrogen-bond donors (Lipinski definition) is 2. The van der Waals surface area contributed by atoms with Gasteiger partial charge in [-0.1, -0.05) is 29.3 Å². The second kappa shape index (κ2) is 7.44. The van der Waals surface area contributed by atoms with Crippen molar-refractivity contribution in [1.29, 1.82) is 0 Å². The van der Waals surface area contributed by atoms with Crippen molar-refractivity contribution in [3.63, 3.8) is 0 Å². The number of carbonyl (C=O) groups is 1. The van der Waals surface area contributed by atoms with Gasteiger partial charge in [0.15, 0.2) is 0 Å². The van der Waals surface area contributed by atoms with Gasteiger partial charge in [0.1, 0.15) is 5.69 Å². The van der Waals surface area contributed by atoms with Gasteiger partial charge in [-0.15, -0.1) is 0 Å². The number of amides is 1. The highest BCUT2D eigenvalue weighted by atomic mass is 79.9. The van der Waals surface area contributed by atoms with Crippen LogP contribution in [0.15, 0.2) is 12.3 Å². The van der Waals surface area contributed by atoms with Gasteiger partial charge in [-0.05, 0) is 24.8 Å². The van der Waals surface area contributed by atoms with E-state index in [0.717, 1.165) is 31.1 Å². The van der Waals surface area contributed by atoms with E-state index in [1.165, 1.54) is 0 Å². The summed E-state index contributed by atoms with van der Waals surface area (Å²) in [5.41, 5.74) is 0.522. The molecule has 5 heteroatoms. The first kappa shape index (κ1) is 13.2. The molecule has 0 fully saturated rings. The van der Waals surface area contributed by atoms with Crippen LogP contribution in [0, 0.1) is 5.92 Å². The Morgan fingerprint density at radius 3 is 3.00 bits per heavy atom. The van der Waals surface area contributed by atoms with Gasteiger partial charge in [0, 0.05) is 18.1 Å². The molecule has 90 valence electrons. The van der Waals surface area contributed by atoms with Crippen LogP contribution < -0.4 is 5.32 Å². The SMILES string of the molecule is CCCC(CCBr)CNC(=O)c1ccn[nH]1. The lowest BCUT2D eigenvalue weighted by molar-refractivity contribution is 0.0941. The zero-order valence-corrected chi connectivity index (χ0v) is 11.1. The molecule has 1 unspecified atom stereocenters. The van der Waals surface area contributed by atoms with Gasteiger partial charge in [-0.3, -0.25) is 9.89 Å². The lowest BCUT2D eigenvalue weighted by Crippen LogP contribution is -2.29. The minimum absolute atomic E-state index is 0.0758. The van der Waals surface area contributed by atoms with E-state index in [1.54, 1.807) is 12.3 Å². The quantitative estimate of drug-likeness (QED) is 0.757. The summed E-state index contributed by atoms with van der Waals surface area (Å²) < 4.78 is 0. The van der Waals surface area contributed by atoms with Crippen molar-refractivity contribution in [2.75, 3.05) is 11.9 Å². The van der Waals surface area contributed by atoms with Crippen molar-refractivity contribution >= 4 is 21.8 Å². The van der Waals surface area contributed by atoms with Crippen LogP contribution in [0.25, 0.3) is 0 Å². The monoisotopic (exact) mass is 287 g/mol. The van der Waals surface area contributed by atoms with Crippen molar-refractivity contribution in [2.24, 2.45) is 5.92 Å². The maximum absolute atomic E-state index is 11.6. The molecule has 0 aliphatic rings. The molecule has 1 amide bonds. The Kier molecular flexibility index (Phi) is 6.15. The molecule has 2 N–H and O–H groups in total. The lowest BCUT2D eigenvalue weighted by Gasteiger charge is -2.15. The number of H-pyrrole nitrogens is 1. The van der Waals surface area contributed by atoms with Gasteiger partial charge in [-0.2, -0.15) is 5.10 Å². The second-order valence-electron chi connectivity index (χ2n) is 3.81. The number of nitrogens with one attached hydrogen (secondary N) is 2. The molecule has 0 saturated heterocycles. The van der Waals surface area contributed by atoms with Crippen molar-refractivity contribution in [3.05, 3.63) is 18.0 Å². The van der Waals surface area contributed by atoms with Gasteiger partial charge in [0.25, 0.3) is 5.91 Å².